The average molecular weight is 294 g/mol. The van der Waals surface area contributed by atoms with E-state index in [1.54, 1.807) is 0 Å². The lowest BCUT2D eigenvalue weighted by atomic mass is 10.2. The van der Waals surface area contributed by atoms with Crippen molar-refractivity contribution in [3.8, 4) is 0 Å². The summed E-state index contributed by atoms with van der Waals surface area (Å²) in [5.74, 6) is 1.02. The van der Waals surface area contributed by atoms with Crippen LogP contribution in [0.4, 0.5) is 5.69 Å². The molecule has 0 bridgehead atoms. The largest absolute Gasteiger partial charge is 0.384 e. The predicted molar refractivity (Wildman–Crippen MR) is 85.5 cm³/mol. The number of nitrogens with one attached hydrogen (secondary N) is 1. The molecule has 1 aromatic carbocycles. The van der Waals surface area contributed by atoms with Crippen LogP contribution in [-0.2, 0) is 0 Å². The fraction of sp³-hybridized carbons (Fsp3) is 0.625. The number of benzene rings is 1. The molecule has 0 aromatic heterocycles. The maximum atomic E-state index is 5.98. The van der Waals surface area contributed by atoms with Crippen LogP contribution in [0.5, 0.6) is 0 Å². The molecule has 1 N–H and O–H groups in total. The lowest BCUT2D eigenvalue weighted by Gasteiger charge is -2.34. The molecule has 110 valence electrons. The van der Waals surface area contributed by atoms with Crippen molar-refractivity contribution in [1.29, 1.82) is 0 Å². The number of nitrogens with zero attached hydrogens (tertiary/aromatic N) is 2. The second-order valence-corrected chi connectivity index (χ2v) is 6.46. The molecule has 20 heavy (non-hydrogen) atoms. The highest BCUT2D eigenvalue weighted by atomic mass is 35.5. The molecular formula is C16H24ClN3. The topological polar surface area (TPSA) is 18.5 Å². The monoisotopic (exact) mass is 293 g/mol. The minimum Gasteiger partial charge on any atom is -0.384 e. The van der Waals surface area contributed by atoms with E-state index in [0.717, 1.165) is 29.7 Å². The summed E-state index contributed by atoms with van der Waals surface area (Å²) in [5, 5.41) is 4.24. The zero-order valence-corrected chi connectivity index (χ0v) is 12.8. The van der Waals surface area contributed by atoms with E-state index in [9.17, 15) is 0 Å². The minimum absolute atomic E-state index is 0.795. The Labute approximate surface area is 126 Å². The lowest BCUT2D eigenvalue weighted by Crippen LogP contribution is -2.48. The zero-order valence-electron chi connectivity index (χ0n) is 12.0. The summed E-state index contributed by atoms with van der Waals surface area (Å²) in [6, 6.07) is 7.95. The Morgan fingerprint density at radius 2 is 1.85 bits per heavy atom. The van der Waals surface area contributed by atoms with Crippen LogP contribution in [0.15, 0.2) is 24.3 Å². The summed E-state index contributed by atoms with van der Waals surface area (Å²) < 4.78 is 0. The molecule has 1 aromatic rings. The van der Waals surface area contributed by atoms with Gasteiger partial charge in [-0.3, -0.25) is 4.90 Å². The summed E-state index contributed by atoms with van der Waals surface area (Å²) >= 11 is 5.98. The molecule has 0 radical (unpaired) electrons. The molecule has 3 rings (SSSR count). The van der Waals surface area contributed by atoms with Gasteiger partial charge >= 0.3 is 0 Å². The van der Waals surface area contributed by atoms with Crippen molar-refractivity contribution in [3.05, 3.63) is 29.3 Å². The number of piperazine rings is 1. The van der Waals surface area contributed by atoms with Gasteiger partial charge in [0.1, 0.15) is 0 Å². The Kier molecular flexibility index (Phi) is 4.81. The molecule has 2 aliphatic rings. The Morgan fingerprint density at radius 3 is 2.55 bits per heavy atom. The van der Waals surface area contributed by atoms with Gasteiger partial charge in [0.2, 0.25) is 0 Å². The van der Waals surface area contributed by atoms with Crippen molar-refractivity contribution in [2.45, 2.75) is 12.8 Å². The highest BCUT2D eigenvalue weighted by Crippen LogP contribution is 2.29. The fourth-order valence-corrected chi connectivity index (χ4v) is 3.01. The molecule has 4 heteroatoms. The third kappa shape index (κ3) is 4.37. The standard InChI is InChI=1S/C16H24ClN3/c17-15-2-1-3-16(12-15)18-6-7-19-8-10-20(11-9-19)13-14-4-5-14/h1-3,12,14,18H,4-11,13H2. The van der Waals surface area contributed by atoms with Gasteiger partial charge in [0.05, 0.1) is 0 Å². The summed E-state index contributed by atoms with van der Waals surface area (Å²) in [4.78, 5) is 5.19. The summed E-state index contributed by atoms with van der Waals surface area (Å²) in [6.45, 7) is 8.36. The molecule has 1 aliphatic carbocycles. The average Bonchev–Trinajstić information content (AvgIpc) is 3.25. The van der Waals surface area contributed by atoms with Crippen molar-refractivity contribution in [3.63, 3.8) is 0 Å². The van der Waals surface area contributed by atoms with Crippen LogP contribution in [0, 0.1) is 5.92 Å². The van der Waals surface area contributed by atoms with Gasteiger partial charge in [-0.1, -0.05) is 17.7 Å². The number of hydrogen-bond donors (Lipinski definition) is 1. The molecule has 1 saturated heterocycles. The second kappa shape index (κ2) is 6.79. The zero-order chi connectivity index (χ0) is 13.8. The van der Waals surface area contributed by atoms with Gasteiger partial charge in [-0.05, 0) is 37.0 Å². The molecule has 0 amide bonds. The van der Waals surface area contributed by atoms with Crippen LogP contribution in [0.25, 0.3) is 0 Å². The van der Waals surface area contributed by atoms with E-state index in [4.69, 9.17) is 11.6 Å². The molecule has 0 atom stereocenters. The van der Waals surface area contributed by atoms with Crippen LogP contribution in [-0.4, -0.2) is 55.6 Å². The SMILES string of the molecule is Clc1cccc(NCCN2CCN(CC3CC3)CC2)c1. The van der Waals surface area contributed by atoms with Crippen LogP contribution < -0.4 is 5.32 Å². The first-order chi connectivity index (χ1) is 9.79. The fourth-order valence-electron chi connectivity index (χ4n) is 2.82. The highest BCUT2D eigenvalue weighted by molar-refractivity contribution is 6.30. The number of halogens is 1. The molecule has 1 saturated carbocycles. The maximum absolute atomic E-state index is 5.98. The van der Waals surface area contributed by atoms with Gasteiger partial charge in [0.25, 0.3) is 0 Å². The first kappa shape index (κ1) is 14.2. The highest BCUT2D eigenvalue weighted by Gasteiger charge is 2.26. The molecule has 0 spiro atoms. The third-order valence-corrected chi connectivity index (χ3v) is 4.50. The van der Waals surface area contributed by atoms with E-state index in [0.29, 0.717) is 0 Å². The van der Waals surface area contributed by atoms with E-state index < -0.39 is 0 Å². The molecule has 3 nitrogen and oxygen atoms in total. The normalized spacial score (nSPS) is 21.1. The van der Waals surface area contributed by atoms with Crippen molar-refractivity contribution in [1.82, 2.24) is 9.80 Å². The summed E-state index contributed by atoms with van der Waals surface area (Å²) in [7, 11) is 0. The summed E-state index contributed by atoms with van der Waals surface area (Å²) in [5.41, 5.74) is 1.12. The van der Waals surface area contributed by atoms with E-state index in [1.165, 1.54) is 45.6 Å². The van der Waals surface area contributed by atoms with Gasteiger partial charge in [-0.25, -0.2) is 0 Å². The van der Waals surface area contributed by atoms with Crippen molar-refractivity contribution < 1.29 is 0 Å². The first-order valence-electron chi connectivity index (χ1n) is 7.74. The second-order valence-electron chi connectivity index (χ2n) is 6.02. The number of anilines is 1. The Morgan fingerprint density at radius 1 is 1.10 bits per heavy atom. The summed E-state index contributed by atoms with van der Waals surface area (Å²) in [6.07, 6.45) is 2.92. The third-order valence-electron chi connectivity index (χ3n) is 4.26. The predicted octanol–water partition coefficient (Wildman–Crippen LogP) is 2.78. The van der Waals surface area contributed by atoms with Crippen LogP contribution in [0.3, 0.4) is 0 Å². The first-order valence-corrected chi connectivity index (χ1v) is 8.11. The Hall–Kier alpha value is -0.770. The minimum atomic E-state index is 0.795. The van der Waals surface area contributed by atoms with Crippen molar-refractivity contribution >= 4 is 17.3 Å². The molecular weight excluding hydrogens is 270 g/mol. The van der Waals surface area contributed by atoms with Gasteiger partial charge in [-0.15, -0.1) is 0 Å². The smallest absolute Gasteiger partial charge is 0.0426 e. The molecule has 1 aliphatic heterocycles. The number of rotatable bonds is 6. The van der Waals surface area contributed by atoms with Crippen LogP contribution in [0.1, 0.15) is 12.8 Å². The van der Waals surface area contributed by atoms with E-state index >= 15 is 0 Å². The van der Waals surface area contributed by atoms with Crippen LogP contribution >= 0.6 is 11.6 Å². The molecule has 0 unspecified atom stereocenters. The number of hydrogen-bond acceptors (Lipinski definition) is 3. The Bertz CT molecular complexity index is 425. The molecule has 1 heterocycles. The van der Waals surface area contributed by atoms with Crippen LogP contribution in [0.2, 0.25) is 5.02 Å². The van der Waals surface area contributed by atoms with Gasteiger partial charge < -0.3 is 10.2 Å². The van der Waals surface area contributed by atoms with Gasteiger partial charge in [-0.2, -0.15) is 0 Å². The lowest BCUT2D eigenvalue weighted by molar-refractivity contribution is 0.132. The van der Waals surface area contributed by atoms with E-state index in [2.05, 4.69) is 21.2 Å². The quantitative estimate of drug-likeness (QED) is 0.870. The maximum Gasteiger partial charge on any atom is 0.0426 e. The Balaban J connectivity index is 1.33. The van der Waals surface area contributed by atoms with Gasteiger partial charge in [0.15, 0.2) is 0 Å². The van der Waals surface area contributed by atoms with E-state index in [-0.39, 0.29) is 0 Å². The van der Waals surface area contributed by atoms with Crippen molar-refractivity contribution in [2.75, 3.05) is 51.1 Å². The molecule has 2 fully saturated rings. The van der Waals surface area contributed by atoms with Crippen molar-refractivity contribution in [2.24, 2.45) is 5.92 Å². The van der Waals surface area contributed by atoms with E-state index in [1.807, 2.05) is 18.2 Å². The van der Waals surface area contributed by atoms with Gasteiger partial charge in [0, 0.05) is 56.5 Å².